The minimum Gasteiger partial charge on any atom is -0.411 e. The highest BCUT2D eigenvalue weighted by Gasteiger charge is 2.21. The number of rotatable bonds is 5. The number of hydrogen-bond acceptors (Lipinski definition) is 4. The summed E-state index contributed by atoms with van der Waals surface area (Å²) in [5.74, 6) is -0.0530. The summed E-state index contributed by atoms with van der Waals surface area (Å²) in [7, 11) is 0. The molecular formula is C20H18BrN3O2. The minimum atomic E-state index is -0.375. The highest BCUT2D eigenvalue weighted by molar-refractivity contribution is 9.10. The van der Waals surface area contributed by atoms with Gasteiger partial charge >= 0.3 is 0 Å². The molecule has 2 aromatic carbocycles. The van der Waals surface area contributed by atoms with E-state index in [0.717, 1.165) is 21.2 Å². The number of hydrogen-bond donors (Lipinski definition) is 2. The van der Waals surface area contributed by atoms with E-state index in [4.69, 9.17) is 0 Å². The molecule has 0 aliphatic heterocycles. The van der Waals surface area contributed by atoms with E-state index in [1.807, 2.05) is 36.4 Å². The lowest BCUT2D eigenvalue weighted by Crippen LogP contribution is -2.21. The third-order valence-corrected chi connectivity index (χ3v) is 4.92. The first-order chi connectivity index (χ1) is 12.6. The number of halogens is 1. The van der Waals surface area contributed by atoms with Crippen LogP contribution < -0.4 is 5.56 Å². The van der Waals surface area contributed by atoms with Crippen LogP contribution in [0, 0.1) is 6.92 Å². The fraction of sp³-hybridized carbons (Fsp3) is 0.150. The zero-order chi connectivity index (χ0) is 18.5. The maximum absolute atomic E-state index is 12.1. The third kappa shape index (κ3) is 3.91. The SMILES string of the molecule is Cc1ccccc1[C@@H](CC(=NO)c1ccn[nH]c1=O)c1ccc(Br)cc1. The Kier molecular flexibility index (Phi) is 5.63. The second-order valence-electron chi connectivity index (χ2n) is 6.01. The summed E-state index contributed by atoms with van der Waals surface area (Å²) in [6.07, 6.45) is 1.86. The highest BCUT2D eigenvalue weighted by Crippen LogP contribution is 2.32. The van der Waals surface area contributed by atoms with Crippen molar-refractivity contribution < 1.29 is 5.21 Å². The molecule has 0 aliphatic carbocycles. The number of aromatic nitrogens is 2. The van der Waals surface area contributed by atoms with Gasteiger partial charge in [-0.25, -0.2) is 5.10 Å². The number of aromatic amines is 1. The van der Waals surface area contributed by atoms with Crippen molar-refractivity contribution in [2.24, 2.45) is 5.16 Å². The standard InChI is InChI=1S/C20H18BrN3O2/c1-13-4-2-3-5-16(13)18(14-6-8-15(21)9-7-14)12-19(24-26)17-10-11-22-23-20(17)25/h2-11,18,26H,12H2,1H3,(H,23,25)/t18-/m0/s1. The molecule has 132 valence electrons. The Morgan fingerprint density at radius 3 is 2.58 bits per heavy atom. The predicted molar refractivity (Wildman–Crippen MR) is 105 cm³/mol. The Morgan fingerprint density at radius 2 is 1.92 bits per heavy atom. The van der Waals surface area contributed by atoms with Crippen LogP contribution in [0.4, 0.5) is 0 Å². The highest BCUT2D eigenvalue weighted by atomic mass is 79.9. The first-order valence-electron chi connectivity index (χ1n) is 8.16. The van der Waals surface area contributed by atoms with Crippen molar-refractivity contribution in [3.05, 3.63) is 97.9 Å². The van der Waals surface area contributed by atoms with E-state index in [0.29, 0.717) is 17.7 Å². The Hall–Kier alpha value is -2.73. The molecule has 2 N–H and O–H groups in total. The van der Waals surface area contributed by atoms with E-state index in [9.17, 15) is 10.0 Å². The first-order valence-corrected chi connectivity index (χ1v) is 8.95. The van der Waals surface area contributed by atoms with Gasteiger partial charge in [0.05, 0.1) is 11.3 Å². The van der Waals surface area contributed by atoms with Gasteiger partial charge < -0.3 is 5.21 Å². The van der Waals surface area contributed by atoms with Crippen LogP contribution in [-0.2, 0) is 0 Å². The van der Waals surface area contributed by atoms with Crippen molar-refractivity contribution in [3.63, 3.8) is 0 Å². The molecule has 0 radical (unpaired) electrons. The molecule has 0 saturated heterocycles. The van der Waals surface area contributed by atoms with Crippen molar-refractivity contribution in [3.8, 4) is 0 Å². The zero-order valence-electron chi connectivity index (χ0n) is 14.2. The molecule has 0 bridgehead atoms. The van der Waals surface area contributed by atoms with Crippen LogP contribution in [0.5, 0.6) is 0 Å². The molecule has 1 heterocycles. The summed E-state index contributed by atoms with van der Waals surface area (Å²) >= 11 is 3.46. The van der Waals surface area contributed by atoms with Crippen LogP contribution in [0.3, 0.4) is 0 Å². The Labute approximate surface area is 159 Å². The van der Waals surface area contributed by atoms with Crippen LogP contribution >= 0.6 is 15.9 Å². The molecule has 6 heteroatoms. The maximum Gasteiger partial charge on any atom is 0.273 e. The Bertz CT molecular complexity index is 981. The summed E-state index contributed by atoms with van der Waals surface area (Å²) in [6.45, 7) is 2.05. The van der Waals surface area contributed by atoms with Crippen molar-refractivity contribution in [1.29, 1.82) is 0 Å². The average molecular weight is 412 g/mol. The molecule has 1 atom stereocenters. The number of aryl methyl sites for hydroxylation is 1. The van der Waals surface area contributed by atoms with Crippen molar-refractivity contribution in [1.82, 2.24) is 10.2 Å². The lowest BCUT2D eigenvalue weighted by atomic mass is 9.84. The average Bonchev–Trinajstić information content (AvgIpc) is 2.65. The second-order valence-corrected chi connectivity index (χ2v) is 6.93. The first kappa shape index (κ1) is 18.1. The lowest BCUT2D eigenvalue weighted by molar-refractivity contribution is 0.317. The van der Waals surface area contributed by atoms with Gasteiger partial charge in [0, 0.05) is 23.0 Å². The van der Waals surface area contributed by atoms with Crippen LogP contribution in [-0.4, -0.2) is 21.1 Å². The Morgan fingerprint density at radius 1 is 1.19 bits per heavy atom. The van der Waals surface area contributed by atoms with Gasteiger partial charge in [0.2, 0.25) is 0 Å². The van der Waals surface area contributed by atoms with Crippen molar-refractivity contribution in [2.45, 2.75) is 19.3 Å². The van der Waals surface area contributed by atoms with Crippen molar-refractivity contribution in [2.75, 3.05) is 0 Å². The normalized spacial score (nSPS) is 12.8. The van der Waals surface area contributed by atoms with Crippen LogP contribution in [0.1, 0.15) is 34.6 Å². The smallest absolute Gasteiger partial charge is 0.273 e. The molecule has 3 aromatic rings. The summed E-state index contributed by atoms with van der Waals surface area (Å²) in [6, 6.07) is 17.7. The monoisotopic (exact) mass is 411 g/mol. The molecule has 3 rings (SSSR count). The summed E-state index contributed by atoms with van der Waals surface area (Å²) in [5, 5.41) is 19.1. The van der Waals surface area contributed by atoms with E-state index in [1.165, 1.54) is 6.20 Å². The second kappa shape index (κ2) is 8.10. The number of nitrogens with one attached hydrogen (secondary N) is 1. The van der Waals surface area contributed by atoms with Crippen LogP contribution in [0.15, 0.2) is 75.2 Å². The van der Waals surface area contributed by atoms with Gasteiger partial charge in [-0.2, -0.15) is 5.10 Å². The molecule has 0 spiro atoms. The maximum atomic E-state index is 12.1. The summed E-state index contributed by atoms with van der Waals surface area (Å²) < 4.78 is 0.992. The molecule has 5 nitrogen and oxygen atoms in total. The van der Waals surface area contributed by atoms with E-state index in [1.54, 1.807) is 6.07 Å². The number of H-pyrrole nitrogens is 1. The van der Waals surface area contributed by atoms with E-state index >= 15 is 0 Å². The van der Waals surface area contributed by atoms with E-state index in [2.05, 4.69) is 50.3 Å². The van der Waals surface area contributed by atoms with Gasteiger partial charge in [0.15, 0.2) is 0 Å². The van der Waals surface area contributed by atoms with Gasteiger partial charge in [-0.1, -0.05) is 57.5 Å². The van der Waals surface area contributed by atoms with E-state index in [-0.39, 0.29) is 11.5 Å². The van der Waals surface area contributed by atoms with Crippen LogP contribution in [0.25, 0.3) is 0 Å². The van der Waals surface area contributed by atoms with Crippen molar-refractivity contribution >= 4 is 21.6 Å². The number of nitrogens with zero attached hydrogens (tertiary/aromatic N) is 2. The molecule has 26 heavy (non-hydrogen) atoms. The number of oxime groups is 1. The lowest BCUT2D eigenvalue weighted by Gasteiger charge is -2.20. The zero-order valence-corrected chi connectivity index (χ0v) is 15.8. The van der Waals surface area contributed by atoms with E-state index < -0.39 is 0 Å². The fourth-order valence-corrected chi connectivity index (χ4v) is 3.31. The fourth-order valence-electron chi connectivity index (χ4n) is 3.05. The molecule has 0 amide bonds. The van der Waals surface area contributed by atoms with Gasteiger partial charge in [0.25, 0.3) is 5.56 Å². The topological polar surface area (TPSA) is 78.3 Å². The molecule has 1 aromatic heterocycles. The predicted octanol–water partition coefficient (Wildman–Crippen LogP) is 4.24. The molecule has 0 saturated carbocycles. The Balaban J connectivity index is 2.06. The minimum absolute atomic E-state index is 0.0530. The molecule has 0 aliphatic rings. The van der Waals surface area contributed by atoms with Gasteiger partial charge in [-0.05, 0) is 41.8 Å². The number of benzene rings is 2. The molecular weight excluding hydrogens is 394 g/mol. The van der Waals surface area contributed by atoms with Gasteiger partial charge in [-0.15, -0.1) is 0 Å². The van der Waals surface area contributed by atoms with Gasteiger partial charge in [0.1, 0.15) is 0 Å². The molecule has 0 unspecified atom stereocenters. The molecule has 0 fully saturated rings. The summed E-state index contributed by atoms with van der Waals surface area (Å²) in [4.78, 5) is 12.1. The van der Waals surface area contributed by atoms with Gasteiger partial charge in [-0.3, -0.25) is 4.79 Å². The van der Waals surface area contributed by atoms with Crippen LogP contribution in [0.2, 0.25) is 0 Å². The largest absolute Gasteiger partial charge is 0.411 e. The third-order valence-electron chi connectivity index (χ3n) is 4.39. The summed E-state index contributed by atoms with van der Waals surface area (Å²) in [5.41, 5.74) is 3.61. The quantitative estimate of drug-likeness (QED) is 0.374.